The number of rotatable bonds is 3. The van der Waals surface area contributed by atoms with E-state index in [9.17, 15) is 4.79 Å². The van der Waals surface area contributed by atoms with Gasteiger partial charge in [0.15, 0.2) is 5.13 Å². The van der Waals surface area contributed by atoms with Gasteiger partial charge in [-0.2, -0.15) is 11.3 Å². The summed E-state index contributed by atoms with van der Waals surface area (Å²) in [5, 5.41) is 11.1. The first-order valence-corrected chi connectivity index (χ1v) is 7.60. The number of thiazole rings is 1. The SMILES string of the molecule is CCNc1nc2c(s1)C(c1ccsc1)CC(=O)N2. The third-order valence-electron chi connectivity index (χ3n) is 2.89. The number of aromatic nitrogens is 1. The first kappa shape index (κ1) is 11.7. The maximum atomic E-state index is 11.7. The summed E-state index contributed by atoms with van der Waals surface area (Å²) in [6.45, 7) is 2.87. The normalized spacial score (nSPS) is 18.3. The van der Waals surface area contributed by atoms with E-state index in [1.54, 1.807) is 22.7 Å². The fourth-order valence-corrected chi connectivity index (χ4v) is 3.92. The lowest BCUT2D eigenvalue weighted by Crippen LogP contribution is -2.22. The second-order valence-corrected chi connectivity index (χ2v) is 5.93. The zero-order chi connectivity index (χ0) is 12.5. The Morgan fingerprint density at radius 3 is 3.22 bits per heavy atom. The van der Waals surface area contributed by atoms with Crippen molar-refractivity contribution in [2.45, 2.75) is 19.3 Å². The van der Waals surface area contributed by atoms with Crippen molar-refractivity contribution in [1.29, 1.82) is 0 Å². The van der Waals surface area contributed by atoms with Gasteiger partial charge < -0.3 is 10.6 Å². The molecule has 6 heteroatoms. The Labute approximate surface area is 113 Å². The van der Waals surface area contributed by atoms with Crippen molar-refractivity contribution in [2.75, 3.05) is 17.2 Å². The Kier molecular flexibility index (Phi) is 3.05. The minimum absolute atomic E-state index is 0.0482. The third kappa shape index (κ3) is 2.02. The van der Waals surface area contributed by atoms with Crippen molar-refractivity contribution in [1.82, 2.24) is 4.98 Å². The molecule has 3 heterocycles. The van der Waals surface area contributed by atoms with Crippen LogP contribution in [0.4, 0.5) is 10.9 Å². The summed E-state index contributed by atoms with van der Waals surface area (Å²) in [5.74, 6) is 0.931. The van der Waals surface area contributed by atoms with Crippen molar-refractivity contribution in [3.8, 4) is 0 Å². The highest BCUT2D eigenvalue weighted by Gasteiger charge is 2.30. The lowest BCUT2D eigenvalue weighted by atomic mass is 9.94. The maximum Gasteiger partial charge on any atom is 0.226 e. The molecule has 94 valence electrons. The molecule has 2 aromatic heterocycles. The molecule has 0 fully saturated rings. The van der Waals surface area contributed by atoms with E-state index in [1.807, 2.05) is 12.3 Å². The molecule has 1 aliphatic heterocycles. The van der Waals surface area contributed by atoms with Crippen LogP contribution in [0, 0.1) is 0 Å². The highest BCUT2D eigenvalue weighted by atomic mass is 32.1. The molecule has 1 unspecified atom stereocenters. The second-order valence-electron chi connectivity index (χ2n) is 4.12. The standard InChI is InChI=1S/C12H13N3OS2/c1-2-13-12-15-11-10(18-12)8(5-9(16)14-11)7-3-4-17-6-7/h3-4,6,8H,2,5H2,1H3,(H,13,15)(H,14,16). The highest BCUT2D eigenvalue weighted by molar-refractivity contribution is 7.16. The first-order valence-electron chi connectivity index (χ1n) is 5.84. The van der Waals surface area contributed by atoms with Crippen molar-refractivity contribution >= 4 is 39.5 Å². The van der Waals surface area contributed by atoms with Gasteiger partial charge in [0, 0.05) is 18.9 Å². The molecule has 2 N–H and O–H groups in total. The van der Waals surface area contributed by atoms with Crippen LogP contribution in [-0.2, 0) is 4.79 Å². The van der Waals surface area contributed by atoms with Gasteiger partial charge in [-0.1, -0.05) is 11.3 Å². The predicted molar refractivity (Wildman–Crippen MR) is 75.7 cm³/mol. The third-order valence-corrected chi connectivity index (χ3v) is 4.72. The molecule has 0 radical (unpaired) electrons. The van der Waals surface area contributed by atoms with Crippen LogP contribution in [-0.4, -0.2) is 17.4 Å². The number of anilines is 2. The smallest absolute Gasteiger partial charge is 0.226 e. The number of hydrogen-bond donors (Lipinski definition) is 2. The van der Waals surface area contributed by atoms with Crippen LogP contribution in [0.15, 0.2) is 16.8 Å². The molecule has 1 atom stereocenters. The number of hydrogen-bond acceptors (Lipinski definition) is 5. The molecular weight excluding hydrogens is 266 g/mol. The van der Waals surface area contributed by atoms with Crippen LogP contribution in [0.5, 0.6) is 0 Å². The van der Waals surface area contributed by atoms with E-state index in [4.69, 9.17) is 0 Å². The van der Waals surface area contributed by atoms with Crippen molar-refractivity contribution in [3.63, 3.8) is 0 Å². The summed E-state index contributed by atoms with van der Waals surface area (Å²) in [7, 11) is 0. The molecule has 0 saturated carbocycles. The zero-order valence-corrected chi connectivity index (χ0v) is 11.5. The minimum Gasteiger partial charge on any atom is -0.362 e. The van der Waals surface area contributed by atoms with Gasteiger partial charge in [0.25, 0.3) is 0 Å². The average molecular weight is 279 g/mol. The van der Waals surface area contributed by atoms with Crippen LogP contribution >= 0.6 is 22.7 Å². The summed E-state index contributed by atoms with van der Waals surface area (Å²) in [4.78, 5) is 17.3. The molecule has 18 heavy (non-hydrogen) atoms. The van der Waals surface area contributed by atoms with Gasteiger partial charge in [0.05, 0.1) is 4.88 Å². The summed E-state index contributed by atoms with van der Waals surface area (Å²) >= 11 is 3.30. The van der Waals surface area contributed by atoms with E-state index in [1.165, 1.54) is 5.56 Å². The Morgan fingerprint density at radius 1 is 1.61 bits per heavy atom. The van der Waals surface area contributed by atoms with Crippen LogP contribution in [0.3, 0.4) is 0 Å². The lowest BCUT2D eigenvalue weighted by Gasteiger charge is -2.20. The van der Waals surface area contributed by atoms with E-state index in [0.29, 0.717) is 6.42 Å². The van der Waals surface area contributed by atoms with Crippen molar-refractivity contribution < 1.29 is 4.79 Å². The van der Waals surface area contributed by atoms with Gasteiger partial charge in [-0.3, -0.25) is 4.79 Å². The Hall–Kier alpha value is -1.40. The predicted octanol–water partition coefficient (Wildman–Crippen LogP) is 3.11. The van der Waals surface area contributed by atoms with Crippen LogP contribution in [0.25, 0.3) is 0 Å². The van der Waals surface area contributed by atoms with E-state index in [2.05, 4.69) is 27.1 Å². The topological polar surface area (TPSA) is 54.0 Å². The number of amides is 1. The summed E-state index contributed by atoms with van der Waals surface area (Å²) < 4.78 is 0. The molecule has 1 amide bonds. The first-order chi connectivity index (χ1) is 8.78. The number of nitrogens with zero attached hydrogens (tertiary/aromatic N) is 1. The van der Waals surface area contributed by atoms with Gasteiger partial charge in [0.2, 0.25) is 5.91 Å². The number of carbonyl (C=O) groups is 1. The van der Waals surface area contributed by atoms with Gasteiger partial charge in [-0.25, -0.2) is 4.98 Å². The second kappa shape index (κ2) is 4.70. The zero-order valence-electron chi connectivity index (χ0n) is 9.90. The lowest BCUT2D eigenvalue weighted by molar-refractivity contribution is -0.116. The number of fused-ring (bicyclic) bond motifs is 1. The fourth-order valence-electron chi connectivity index (χ4n) is 2.09. The van der Waals surface area contributed by atoms with Gasteiger partial charge in [-0.05, 0) is 29.3 Å². The highest BCUT2D eigenvalue weighted by Crippen LogP contribution is 2.42. The Bertz CT molecular complexity index is 562. The van der Waals surface area contributed by atoms with Crippen LogP contribution in [0.2, 0.25) is 0 Å². The quantitative estimate of drug-likeness (QED) is 0.907. The summed E-state index contributed by atoms with van der Waals surface area (Å²) in [6.07, 6.45) is 0.511. The van der Waals surface area contributed by atoms with E-state index in [-0.39, 0.29) is 11.8 Å². The summed E-state index contributed by atoms with van der Waals surface area (Å²) in [6, 6.07) is 2.09. The maximum absolute atomic E-state index is 11.7. The fraction of sp³-hybridized carbons (Fsp3) is 0.333. The van der Waals surface area contributed by atoms with Crippen molar-refractivity contribution in [2.24, 2.45) is 0 Å². The van der Waals surface area contributed by atoms with E-state index >= 15 is 0 Å². The monoisotopic (exact) mass is 279 g/mol. The van der Waals surface area contributed by atoms with Gasteiger partial charge in [0.1, 0.15) is 5.82 Å². The molecule has 3 rings (SSSR count). The molecular formula is C12H13N3OS2. The van der Waals surface area contributed by atoms with Gasteiger partial charge >= 0.3 is 0 Å². The number of carbonyl (C=O) groups excluding carboxylic acids is 1. The van der Waals surface area contributed by atoms with E-state index in [0.717, 1.165) is 22.4 Å². The molecule has 4 nitrogen and oxygen atoms in total. The Morgan fingerprint density at radius 2 is 2.50 bits per heavy atom. The molecule has 0 bridgehead atoms. The summed E-state index contributed by atoms with van der Waals surface area (Å²) in [5.41, 5.74) is 1.21. The van der Waals surface area contributed by atoms with Crippen molar-refractivity contribution in [3.05, 3.63) is 27.3 Å². The molecule has 2 aromatic rings. The number of thiophene rings is 1. The van der Waals surface area contributed by atoms with Crippen LogP contribution < -0.4 is 10.6 Å². The van der Waals surface area contributed by atoms with Crippen LogP contribution in [0.1, 0.15) is 29.7 Å². The minimum atomic E-state index is 0.0482. The largest absolute Gasteiger partial charge is 0.362 e. The van der Waals surface area contributed by atoms with Gasteiger partial charge in [-0.15, -0.1) is 0 Å². The molecule has 0 aromatic carbocycles. The Balaban J connectivity index is 2.01. The molecule has 1 aliphatic rings. The molecule has 0 aliphatic carbocycles. The molecule has 0 spiro atoms. The van der Waals surface area contributed by atoms with E-state index < -0.39 is 0 Å². The average Bonchev–Trinajstić information content (AvgIpc) is 2.96. The number of nitrogens with one attached hydrogen (secondary N) is 2. The molecule has 0 saturated heterocycles.